The van der Waals surface area contributed by atoms with Crippen molar-refractivity contribution in [3.63, 3.8) is 0 Å². The van der Waals surface area contributed by atoms with Crippen molar-refractivity contribution in [2.75, 3.05) is 5.32 Å². The number of aryl methyl sites for hydroxylation is 1. The average Bonchev–Trinajstić information content (AvgIpc) is 2.81. The van der Waals surface area contributed by atoms with Gasteiger partial charge in [0.1, 0.15) is 17.3 Å². The van der Waals surface area contributed by atoms with Crippen molar-refractivity contribution in [1.82, 2.24) is 9.97 Å². The SMILES string of the molecule is Cc1ccc(Oc2ccnc(NC(C)(C(=O)O)c3ccccc3)c2)c(-c2ccccc2)n1. The first-order valence-corrected chi connectivity index (χ1v) is 10.2. The minimum atomic E-state index is -1.35. The van der Waals surface area contributed by atoms with Crippen molar-refractivity contribution >= 4 is 11.8 Å². The summed E-state index contributed by atoms with van der Waals surface area (Å²) in [5.74, 6) is 0.498. The van der Waals surface area contributed by atoms with Crippen molar-refractivity contribution in [3.05, 3.63) is 102 Å². The summed E-state index contributed by atoms with van der Waals surface area (Å²) >= 11 is 0. The van der Waals surface area contributed by atoms with Gasteiger partial charge in [0, 0.05) is 23.5 Å². The summed E-state index contributed by atoms with van der Waals surface area (Å²) in [7, 11) is 0. The Morgan fingerprint density at radius 2 is 1.66 bits per heavy atom. The van der Waals surface area contributed by atoms with E-state index in [9.17, 15) is 9.90 Å². The molecule has 2 N–H and O–H groups in total. The largest absolute Gasteiger partial charge is 0.479 e. The number of aromatic nitrogens is 2. The van der Waals surface area contributed by atoms with E-state index < -0.39 is 11.5 Å². The molecule has 0 spiro atoms. The van der Waals surface area contributed by atoms with Crippen LogP contribution in [0.1, 0.15) is 18.2 Å². The molecule has 0 bridgehead atoms. The summed E-state index contributed by atoms with van der Waals surface area (Å²) in [4.78, 5) is 21.1. The topological polar surface area (TPSA) is 84.3 Å². The van der Waals surface area contributed by atoms with Crippen LogP contribution < -0.4 is 10.1 Å². The molecule has 4 rings (SSSR count). The lowest BCUT2D eigenvalue weighted by Gasteiger charge is -2.27. The van der Waals surface area contributed by atoms with Crippen LogP contribution >= 0.6 is 0 Å². The van der Waals surface area contributed by atoms with Crippen LogP contribution in [-0.2, 0) is 10.3 Å². The summed E-state index contributed by atoms with van der Waals surface area (Å²) in [6.07, 6.45) is 1.58. The number of anilines is 1. The maximum absolute atomic E-state index is 12.1. The van der Waals surface area contributed by atoms with Crippen LogP contribution in [0.25, 0.3) is 11.3 Å². The fourth-order valence-corrected chi connectivity index (χ4v) is 3.38. The highest BCUT2D eigenvalue weighted by molar-refractivity contribution is 5.83. The van der Waals surface area contributed by atoms with Gasteiger partial charge >= 0.3 is 5.97 Å². The quantitative estimate of drug-likeness (QED) is 0.398. The third kappa shape index (κ3) is 4.44. The standard InChI is InChI=1S/C26H23N3O3/c1-18-13-14-22(24(28-18)19-9-5-3-6-10-19)32-21-15-16-27-23(17-21)29-26(2,25(30)31)20-11-7-4-8-12-20/h3-17H,1-2H3,(H,27,29)(H,30,31). The third-order valence-electron chi connectivity index (χ3n) is 5.16. The van der Waals surface area contributed by atoms with E-state index in [1.165, 1.54) is 0 Å². The number of pyridine rings is 2. The Labute approximate surface area is 186 Å². The van der Waals surface area contributed by atoms with Crippen molar-refractivity contribution < 1.29 is 14.6 Å². The van der Waals surface area contributed by atoms with Crippen LogP contribution in [0.15, 0.2) is 91.1 Å². The van der Waals surface area contributed by atoms with Gasteiger partial charge in [-0.25, -0.2) is 14.8 Å². The lowest BCUT2D eigenvalue weighted by Crippen LogP contribution is -2.40. The van der Waals surface area contributed by atoms with Gasteiger partial charge in [0.2, 0.25) is 0 Å². The molecule has 0 fully saturated rings. The minimum Gasteiger partial charge on any atom is -0.479 e. The molecule has 1 atom stereocenters. The molecule has 2 aromatic heterocycles. The molecule has 4 aromatic rings. The van der Waals surface area contributed by atoms with Crippen LogP contribution in [0, 0.1) is 6.92 Å². The van der Waals surface area contributed by atoms with Gasteiger partial charge < -0.3 is 15.2 Å². The molecule has 6 nitrogen and oxygen atoms in total. The highest BCUT2D eigenvalue weighted by Crippen LogP contribution is 2.33. The van der Waals surface area contributed by atoms with E-state index in [1.807, 2.05) is 55.5 Å². The Bertz CT molecular complexity index is 1230. The first kappa shape index (κ1) is 21.1. The molecule has 1 unspecified atom stereocenters. The van der Waals surface area contributed by atoms with E-state index in [0.717, 1.165) is 17.0 Å². The number of carbonyl (C=O) groups is 1. The van der Waals surface area contributed by atoms with E-state index in [0.29, 0.717) is 22.9 Å². The zero-order valence-electron chi connectivity index (χ0n) is 17.8. The zero-order chi connectivity index (χ0) is 22.6. The highest BCUT2D eigenvalue weighted by atomic mass is 16.5. The van der Waals surface area contributed by atoms with Crippen molar-refractivity contribution in [1.29, 1.82) is 0 Å². The maximum atomic E-state index is 12.1. The number of nitrogens with one attached hydrogen (secondary N) is 1. The number of nitrogens with zero attached hydrogens (tertiary/aromatic N) is 2. The van der Waals surface area contributed by atoms with Gasteiger partial charge in [-0.3, -0.25) is 0 Å². The zero-order valence-corrected chi connectivity index (χ0v) is 17.8. The number of rotatable bonds is 7. The van der Waals surface area contributed by atoms with E-state index in [2.05, 4.69) is 15.3 Å². The number of carboxylic acid groups (broad SMARTS) is 1. The smallest absolute Gasteiger partial charge is 0.333 e. The number of benzene rings is 2. The Hall–Kier alpha value is -4.19. The first-order chi connectivity index (χ1) is 15.5. The van der Waals surface area contributed by atoms with E-state index >= 15 is 0 Å². The van der Waals surface area contributed by atoms with Crippen LogP contribution in [0.2, 0.25) is 0 Å². The second kappa shape index (κ2) is 8.89. The van der Waals surface area contributed by atoms with Crippen molar-refractivity contribution in [3.8, 4) is 22.8 Å². The number of carboxylic acids is 1. The summed E-state index contributed by atoms with van der Waals surface area (Å²) in [5, 5.41) is 13.0. The summed E-state index contributed by atoms with van der Waals surface area (Å²) in [6.45, 7) is 3.54. The monoisotopic (exact) mass is 425 g/mol. The molecule has 2 heterocycles. The molecule has 0 amide bonds. The lowest BCUT2D eigenvalue weighted by molar-refractivity contribution is -0.142. The fourth-order valence-electron chi connectivity index (χ4n) is 3.38. The number of aliphatic carboxylic acids is 1. The van der Waals surface area contributed by atoms with E-state index in [1.54, 1.807) is 49.5 Å². The Balaban J connectivity index is 1.64. The molecular weight excluding hydrogens is 402 g/mol. The van der Waals surface area contributed by atoms with Crippen molar-refractivity contribution in [2.24, 2.45) is 0 Å². The number of ether oxygens (including phenoxy) is 1. The predicted molar refractivity (Wildman–Crippen MR) is 124 cm³/mol. The fraction of sp³-hybridized carbons (Fsp3) is 0.115. The van der Waals surface area contributed by atoms with E-state index in [-0.39, 0.29) is 0 Å². The van der Waals surface area contributed by atoms with Crippen LogP contribution in [-0.4, -0.2) is 21.0 Å². The summed E-state index contributed by atoms with van der Waals surface area (Å²) in [6, 6.07) is 26.0. The normalized spacial score (nSPS) is 12.6. The van der Waals surface area contributed by atoms with Crippen LogP contribution in [0.5, 0.6) is 11.5 Å². The summed E-state index contributed by atoms with van der Waals surface area (Å²) < 4.78 is 6.15. The van der Waals surface area contributed by atoms with E-state index in [4.69, 9.17) is 4.74 Å². The second-order valence-electron chi connectivity index (χ2n) is 7.57. The molecule has 160 valence electrons. The number of hydrogen-bond donors (Lipinski definition) is 2. The minimum absolute atomic E-state index is 0.387. The maximum Gasteiger partial charge on any atom is 0.333 e. The predicted octanol–water partition coefficient (Wildman–Crippen LogP) is 5.66. The Morgan fingerprint density at radius 3 is 2.34 bits per heavy atom. The molecule has 32 heavy (non-hydrogen) atoms. The van der Waals surface area contributed by atoms with Gasteiger partial charge in [0.05, 0.1) is 0 Å². The molecule has 0 aliphatic heterocycles. The molecule has 0 saturated carbocycles. The van der Waals surface area contributed by atoms with Gasteiger partial charge in [-0.2, -0.15) is 0 Å². The third-order valence-corrected chi connectivity index (χ3v) is 5.16. The highest BCUT2D eigenvalue weighted by Gasteiger charge is 2.35. The first-order valence-electron chi connectivity index (χ1n) is 10.2. The second-order valence-corrected chi connectivity index (χ2v) is 7.57. The van der Waals surface area contributed by atoms with Gasteiger partial charge in [-0.05, 0) is 37.6 Å². The summed E-state index contributed by atoms with van der Waals surface area (Å²) in [5.41, 5.74) is 1.83. The van der Waals surface area contributed by atoms with Crippen LogP contribution in [0.4, 0.5) is 5.82 Å². The molecule has 0 aliphatic rings. The van der Waals surface area contributed by atoms with Crippen LogP contribution in [0.3, 0.4) is 0 Å². The van der Waals surface area contributed by atoms with Gasteiger partial charge in [-0.1, -0.05) is 60.7 Å². The number of hydrogen-bond acceptors (Lipinski definition) is 5. The molecule has 0 saturated heterocycles. The lowest BCUT2D eigenvalue weighted by atomic mass is 9.92. The Kier molecular flexibility index (Phi) is 5.85. The average molecular weight is 425 g/mol. The van der Waals surface area contributed by atoms with Gasteiger partial charge in [-0.15, -0.1) is 0 Å². The molecule has 6 heteroatoms. The van der Waals surface area contributed by atoms with Crippen molar-refractivity contribution in [2.45, 2.75) is 19.4 Å². The molecule has 0 aliphatic carbocycles. The molecule has 0 radical (unpaired) electrons. The molecular formula is C26H23N3O3. The molecule has 2 aromatic carbocycles. The van der Waals surface area contributed by atoms with Gasteiger partial charge in [0.25, 0.3) is 0 Å². The Morgan fingerprint density at radius 1 is 0.969 bits per heavy atom. The van der Waals surface area contributed by atoms with Gasteiger partial charge in [0.15, 0.2) is 11.3 Å².